The zero-order valence-corrected chi connectivity index (χ0v) is 17.6. The van der Waals surface area contributed by atoms with Crippen molar-refractivity contribution in [1.29, 1.82) is 0 Å². The third-order valence-corrected chi connectivity index (χ3v) is 4.94. The summed E-state index contributed by atoms with van der Waals surface area (Å²) in [5.74, 6) is 0.773. The molecule has 0 spiro atoms. The largest absolute Gasteiger partial charge is 0.494 e. The highest BCUT2D eigenvalue weighted by atomic mass is 79.9. The second kappa shape index (κ2) is 11.4. The molecule has 0 saturated heterocycles. The highest BCUT2D eigenvalue weighted by Gasteiger charge is 2.13. The van der Waals surface area contributed by atoms with E-state index in [1.165, 1.54) is 32.1 Å². The van der Waals surface area contributed by atoms with Gasteiger partial charge >= 0.3 is 0 Å². The fourth-order valence-electron chi connectivity index (χ4n) is 2.77. The Bertz CT molecular complexity index is 666. The number of halogens is 2. The summed E-state index contributed by atoms with van der Waals surface area (Å²) in [5.41, 5.74) is 2.76. The van der Waals surface area contributed by atoms with Crippen LogP contribution in [0.2, 0.25) is 0 Å². The minimum absolute atomic E-state index is 0.128. The fraction of sp³-hybridized carbons (Fsp3) is 0.409. The van der Waals surface area contributed by atoms with E-state index in [9.17, 15) is 4.79 Å². The number of carbonyl (C=O) groups is 1. The number of Topliss-reactive ketones (excluding diaryl/α,β-unsaturated/α-hetero) is 1. The Morgan fingerprint density at radius 2 is 1.46 bits per heavy atom. The van der Waals surface area contributed by atoms with Crippen LogP contribution in [-0.2, 0) is 0 Å². The number of alkyl halides is 2. The molecule has 0 heterocycles. The van der Waals surface area contributed by atoms with E-state index >= 15 is 0 Å². The molecular weight excluding hydrogens is 412 g/mol. The van der Waals surface area contributed by atoms with Gasteiger partial charge in [0.05, 0.1) is 6.61 Å². The average Bonchev–Trinajstić information content (AvgIpc) is 2.67. The van der Waals surface area contributed by atoms with E-state index < -0.39 is 4.29 Å². The Hall–Kier alpha value is -1.32. The summed E-state index contributed by atoms with van der Waals surface area (Å²) in [6.07, 6.45) is 7.59. The van der Waals surface area contributed by atoms with Gasteiger partial charge in [-0.2, -0.15) is 0 Å². The van der Waals surface area contributed by atoms with Crippen LogP contribution in [0.1, 0.15) is 55.8 Å². The van der Waals surface area contributed by atoms with Gasteiger partial charge in [0.15, 0.2) is 10.1 Å². The molecule has 0 aromatic heterocycles. The van der Waals surface area contributed by atoms with Crippen LogP contribution in [0.15, 0.2) is 48.5 Å². The second-order valence-electron chi connectivity index (χ2n) is 6.38. The Balaban J connectivity index is 1.82. The maximum absolute atomic E-state index is 11.8. The molecule has 0 amide bonds. The third kappa shape index (κ3) is 6.77. The SMILES string of the molecule is CCCCCCCCOc1ccc(-c2ccc(C(=O)C(Cl)Br)cc2)cc1. The first-order valence-corrected chi connectivity index (χ1v) is 10.6. The van der Waals surface area contributed by atoms with Gasteiger partial charge in [0.1, 0.15) is 5.75 Å². The number of unbranched alkanes of at least 4 members (excludes halogenated alkanes) is 5. The normalized spacial score (nSPS) is 12.0. The number of benzene rings is 2. The summed E-state index contributed by atoms with van der Waals surface area (Å²) >= 11 is 8.86. The molecule has 1 atom stereocenters. The number of rotatable bonds is 11. The Labute approximate surface area is 170 Å². The average molecular weight is 438 g/mol. The first-order chi connectivity index (χ1) is 12.6. The lowest BCUT2D eigenvalue weighted by atomic mass is 10.0. The van der Waals surface area contributed by atoms with E-state index in [-0.39, 0.29) is 5.78 Å². The predicted molar refractivity (Wildman–Crippen MR) is 114 cm³/mol. The quantitative estimate of drug-likeness (QED) is 0.210. The number of carbonyl (C=O) groups excluding carboxylic acids is 1. The van der Waals surface area contributed by atoms with E-state index in [0.29, 0.717) is 5.56 Å². The molecule has 2 aromatic rings. The van der Waals surface area contributed by atoms with Gasteiger partial charge in [0.2, 0.25) is 0 Å². The van der Waals surface area contributed by atoms with Crippen LogP contribution < -0.4 is 4.74 Å². The van der Waals surface area contributed by atoms with Crippen molar-refractivity contribution < 1.29 is 9.53 Å². The van der Waals surface area contributed by atoms with Crippen molar-refractivity contribution in [2.24, 2.45) is 0 Å². The number of ketones is 1. The minimum Gasteiger partial charge on any atom is -0.494 e. The monoisotopic (exact) mass is 436 g/mol. The van der Waals surface area contributed by atoms with E-state index in [1.54, 1.807) is 12.1 Å². The Morgan fingerprint density at radius 1 is 0.923 bits per heavy atom. The number of ether oxygens (including phenoxy) is 1. The molecule has 0 aliphatic rings. The summed E-state index contributed by atoms with van der Waals surface area (Å²) in [6.45, 7) is 3.01. The van der Waals surface area contributed by atoms with Crippen LogP contribution in [0.5, 0.6) is 5.75 Å². The van der Waals surface area contributed by atoms with Crippen molar-refractivity contribution in [2.45, 2.75) is 49.7 Å². The van der Waals surface area contributed by atoms with Crippen molar-refractivity contribution in [1.82, 2.24) is 0 Å². The lowest BCUT2D eigenvalue weighted by molar-refractivity contribution is 0.101. The van der Waals surface area contributed by atoms with Crippen molar-refractivity contribution in [2.75, 3.05) is 6.61 Å². The van der Waals surface area contributed by atoms with Crippen LogP contribution in [0.4, 0.5) is 0 Å². The highest BCUT2D eigenvalue weighted by molar-refractivity contribution is 9.10. The summed E-state index contributed by atoms with van der Waals surface area (Å²) in [6, 6.07) is 15.6. The molecule has 0 fully saturated rings. The zero-order valence-electron chi connectivity index (χ0n) is 15.2. The van der Waals surface area contributed by atoms with Gasteiger partial charge in [-0.15, -0.1) is 11.6 Å². The van der Waals surface area contributed by atoms with Gasteiger partial charge < -0.3 is 4.74 Å². The van der Waals surface area contributed by atoms with Crippen molar-refractivity contribution >= 4 is 33.3 Å². The van der Waals surface area contributed by atoms with E-state index in [0.717, 1.165) is 29.9 Å². The molecule has 0 bridgehead atoms. The Kier molecular flexibility index (Phi) is 9.21. The highest BCUT2D eigenvalue weighted by Crippen LogP contribution is 2.24. The zero-order chi connectivity index (χ0) is 18.8. The Morgan fingerprint density at radius 3 is 2.04 bits per heavy atom. The molecule has 26 heavy (non-hydrogen) atoms. The first kappa shape index (κ1) is 21.0. The molecule has 0 radical (unpaired) electrons. The smallest absolute Gasteiger partial charge is 0.191 e. The van der Waals surface area contributed by atoms with Gasteiger partial charge in [-0.1, -0.05) is 91.4 Å². The predicted octanol–water partition coefficient (Wildman–Crippen LogP) is 7.24. The lowest BCUT2D eigenvalue weighted by Crippen LogP contribution is -2.06. The summed E-state index contributed by atoms with van der Waals surface area (Å²) in [5, 5.41) is 0. The minimum atomic E-state index is -0.684. The summed E-state index contributed by atoms with van der Waals surface area (Å²) in [4.78, 5) is 11.8. The van der Waals surface area contributed by atoms with Gasteiger partial charge in [0, 0.05) is 5.56 Å². The molecule has 0 N–H and O–H groups in total. The van der Waals surface area contributed by atoms with Gasteiger partial charge in [-0.25, -0.2) is 0 Å². The standard InChI is InChI=1S/C22H26BrClO2/c1-2-3-4-5-6-7-16-26-20-14-12-18(13-15-20)17-8-10-19(11-9-17)21(25)22(23)24/h8-15,22H,2-7,16H2,1H3. The van der Waals surface area contributed by atoms with Crippen LogP contribution in [0.3, 0.4) is 0 Å². The van der Waals surface area contributed by atoms with Crippen LogP contribution in [-0.4, -0.2) is 16.7 Å². The maximum atomic E-state index is 11.8. The summed E-state index contributed by atoms with van der Waals surface area (Å²) < 4.78 is 5.13. The molecular formula is C22H26BrClO2. The number of hydrogen-bond acceptors (Lipinski definition) is 2. The molecule has 2 aromatic carbocycles. The van der Waals surface area contributed by atoms with Gasteiger partial charge in [-0.05, 0) is 29.7 Å². The fourth-order valence-corrected chi connectivity index (χ4v) is 3.16. The van der Waals surface area contributed by atoms with E-state index in [1.807, 2.05) is 36.4 Å². The molecule has 140 valence electrons. The topological polar surface area (TPSA) is 26.3 Å². The molecule has 0 saturated carbocycles. The van der Waals surface area contributed by atoms with Crippen molar-refractivity contribution in [3.05, 3.63) is 54.1 Å². The molecule has 4 heteroatoms. The van der Waals surface area contributed by atoms with Crippen molar-refractivity contribution in [3.63, 3.8) is 0 Å². The lowest BCUT2D eigenvalue weighted by Gasteiger charge is -2.08. The van der Waals surface area contributed by atoms with Crippen LogP contribution in [0.25, 0.3) is 11.1 Å². The molecule has 0 aliphatic heterocycles. The van der Waals surface area contributed by atoms with Crippen LogP contribution in [0, 0.1) is 0 Å². The molecule has 0 aliphatic carbocycles. The number of hydrogen-bond donors (Lipinski definition) is 0. The van der Waals surface area contributed by atoms with Gasteiger partial charge in [-0.3, -0.25) is 4.79 Å². The third-order valence-electron chi connectivity index (χ3n) is 4.32. The van der Waals surface area contributed by atoms with Crippen LogP contribution >= 0.6 is 27.5 Å². The van der Waals surface area contributed by atoms with Gasteiger partial charge in [0.25, 0.3) is 0 Å². The molecule has 2 rings (SSSR count). The van der Waals surface area contributed by atoms with E-state index in [4.69, 9.17) is 16.3 Å². The second-order valence-corrected chi connectivity index (χ2v) is 8.26. The van der Waals surface area contributed by atoms with E-state index in [2.05, 4.69) is 22.9 Å². The maximum Gasteiger partial charge on any atom is 0.191 e. The summed E-state index contributed by atoms with van der Waals surface area (Å²) in [7, 11) is 0. The van der Waals surface area contributed by atoms with Crippen molar-refractivity contribution in [3.8, 4) is 16.9 Å². The molecule has 2 nitrogen and oxygen atoms in total. The molecule has 1 unspecified atom stereocenters. The first-order valence-electron chi connectivity index (χ1n) is 9.27.